The van der Waals surface area contributed by atoms with Crippen LogP contribution < -0.4 is 0 Å². The molecule has 0 bridgehead atoms. The van der Waals surface area contributed by atoms with Gasteiger partial charge in [-0.3, -0.25) is 9.59 Å². The number of hydrogen-bond acceptors (Lipinski definition) is 3. The second-order valence-corrected chi connectivity index (χ2v) is 3.18. The highest BCUT2D eigenvalue weighted by molar-refractivity contribution is 5.95. The maximum absolute atomic E-state index is 11.1. The van der Waals surface area contributed by atoms with Crippen LogP contribution in [0, 0.1) is 0 Å². The first kappa shape index (κ1) is 12.9. The number of hydrogen-bond donors (Lipinski definition) is 0. The standard InChI is InChI=1S/C11H18O3/c1-3-4-5-6-7-8-10(12)9-11(13)14-2/h3H,1,4-9H2,2H3. The molecule has 0 saturated heterocycles. The molecule has 0 rings (SSSR count). The van der Waals surface area contributed by atoms with Crippen molar-refractivity contribution < 1.29 is 14.3 Å². The molecule has 0 aliphatic rings. The summed E-state index contributed by atoms with van der Waals surface area (Å²) < 4.78 is 4.39. The van der Waals surface area contributed by atoms with Crippen molar-refractivity contribution in [1.82, 2.24) is 0 Å². The number of methoxy groups -OCH3 is 1. The zero-order chi connectivity index (χ0) is 10.8. The van der Waals surface area contributed by atoms with Gasteiger partial charge in [0.15, 0.2) is 0 Å². The van der Waals surface area contributed by atoms with Crippen LogP contribution in [0.5, 0.6) is 0 Å². The molecule has 0 atom stereocenters. The number of Topliss-reactive ketones (excluding diaryl/α,β-unsaturated/α-hetero) is 1. The molecule has 80 valence electrons. The van der Waals surface area contributed by atoms with Crippen molar-refractivity contribution in [2.24, 2.45) is 0 Å². The van der Waals surface area contributed by atoms with Crippen molar-refractivity contribution in [2.45, 2.75) is 38.5 Å². The summed E-state index contributed by atoms with van der Waals surface area (Å²) in [7, 11) is 1.29. The largest absolute Gasteiger partial charge is 0.469 e. The Bertz CT molecular complexity index is 197. The number of rotatable bonds is 8. The Morgan fingerprint density at radius 3 is 2.57 bits per heavy atom. The van der Waals surface area contributed by atoms with E-state index in [0.29, 0.717) is 6.42 Å². The molecule has 14 heavy (non-hydrogen) atoms. The molecule has 0 heterocycles. The van der Waals surface area contributed by atoms with E-state index in [1.165, 1.54) is 7.11 Å². The molecular formula is C11H18O3. The van der Waals surface area contributed by atoms with Crippen molar-refractivity contribution in [2.75, 3.05) is 7.11 Å². The topological polar surface area (TPSA) is 43.4 Å². The average molecular weight is 198 g/mol. The third-order valence-corrected chi connectivity index (χ3v) is 1.93. The fourth-order valence-corrected chi connectivity index (χ4v) is 1.11. The molecule has 0 aromatic carbocycles. The maximum atomic E-state index is 11.1. The van der Waals surface area contributed by atoms with Crippen molar-refractivity contribution >= 4 is 11.8 Å². The molecule has 0 radical (unpaired) electrons. The van der Waals surface area contributed by atoms with Crippen LogP contribution in [0.3, 0.4) is 0 Å². The molecule has 0 aliphatic carbocycles. The van der Waals surface area contributed by atoms with Crippen LogP contribution in [-0.2, 0) is 14.3 Å². The summed E-state index contributed by atoms with van der Waals surface area (Å²) >= 11 is 0. The summed E-state index contributed by atoms with van der Waals surface area (Å²) in [5.74, 6) is -0.475. The summed E-state index contributed by atoms with van der Waals surface area (Å²) in [6, 6.07) is 0. The van der Waals surface area contributed by atoms with Gasteiger partial charge in [-0.15, -0.1) is 6.58 Å². The van der Waals surface area contributed by atoms with Crippen molar-refractivity contribution in [3.8, 4) is 0 Å². The fourth-order valence-electron chi connectivity index (χ4n) is 1.11. The van der Waals surface area contributed by atoms with E-state index in [9.17, 15) is 9.59 Å². The molecule has 0 aromatic rings. The molecule has 0 saturated carbocycles. The first-order chi connectivity index (χ1) is 6.70. The maximum Gasteiger partial charge on any atom is 0.313 e. The van der Waals surface area contributed by atoms with Crippen LogP contribution in [-0.4, -0.2) is 18.9 Å². The van der Waals surface area contributed by atoms with Gasteiger partial charge in [0.05, 0.1) is 7.11 Å². The second kappa shape index (κ2) is 8.48. The van der Waals surface area contributed by atoms with Crippen molar-refractivity contribution in [3.63, 3.8) is 0 Å². The summed E-state index contributed by atoms with van der Waals surface area (Å²) in [6.45, 7) is 3.62. The van der Waals surface area contributed by atoms with Gasteiger partial charge in [0, 0.05) is 6.42 Å². The van der Waals surface area contributed by atoms with Gasteiger partial charge in [-0.05, 0) is 19.3 Å². The minimum atomic E-state index is -0.443. The first-order valence-electron chi connectivity index (χ1n) is 4.90. The van der Waals surface area contributed by atoms with Gasteiger partial charge in [-0.25, -0.2) is 0 Å². The van der Waals surface area contributed by atoms with Crippen LogP contribution >= 0.6 is 0 Å². The number of esters is 1. The zero-order valence-corrected chi connectivity index (χ0v) is 8.75. The van der Waals surface area contributed by atoms with Crippen LogP contribution in [0.1, 0.15) is 38.5 Å². The molecular weight excluding hydrogens is 180 g/mol. The molecule has 0 spiro atoms. The highest BCUT2D eigenvalue weighted by Crippen LogP contribution is 2.05. The smallest absolute Gasteiger partial charge is 0.313 e. The normalized spacial score (nSPS) is 9.50. The lowest BCUT2D eigenvalue weighted by molar-refractivity contribution is -0.143. The predicted molar refractivity (Wildman–Crippen MR) is 54.9 cm³/mol. The Kier molecular flexibility index (Phi) is 7.80. The van der Waals surface area contributed by atoms with E-state index >= 15 is 0 Å². The quantitative estimate of drug-likeness (QED) is 0.260. The summed E-state index contributed by atoms with van der Waals surface area (Å²) in [4.78, 5) is 21.8. The van der Waals surface area contributed by atoms with Gasteiger partial charge in [0.2, 0.25) is 0 Å². The minimum absolute atomic E-state index is 0.0320. The Morgan fingerprint density at radius 2 is 2.00 bits per heavy atom. The second-order valence-electron chi connectivity index (χ2n) is 3.18. The first-order valence-corrected chi connectivity index (χ1v) is 4.90. The summed E-state index contributed by atoms with van der Waals surface area (Å²) in [5, 5.41) is 0. The zero-order valence-electron chi connectivity index (χ0n) is 8.75. The lowest BCUT2D eigenvalue weighted by Crippen LogP contribution is -2.08. The number of unbranched alkanes of at least 4 members (excludes halogenated alkanes) is 3. The Hall–Kier alpha value is -1.12. The van der Waals surface area contributed by atoms with Crippen LogP contribution in [0.2, 0.25) is 0 Å². The minimum Gasteiger partial charge on any atom is -0.469 e. The summed E-state index contributed by atoms with van der Waals surface area (Å²) in [5.41, 5.74) is 0. The predicted octanol–water partition coefficient (Wildman–Crippen LogP) is 2.26. The van der Waals surface area contributed by atoms with Gasteiger partial charge < -0.3 is 4.74 Å². The van der Waals surface area contributed by atoms with Gasteiger partial charge >= 0.3 is 5.97 Å². The molecule has 0 fully saturated rings. The third kappa shape index (κ3) is 7.53. The van der Waals surface area contributed by atoms with E-state index in [1.54, 1.807) is 0 Å². The van der Waals surface area contributed by atoms with E-state index < -0.39 is 5.97 Å². The molecule has 0 aliphatic heterocycles. The Labute approximate surface area is 85.1 Å². The van der Waals surface area contributed by atoms with E-state index in [0.717, 1.165) is 25.7 Å². The number of carbonyl (C=O) groups is 2. The van der Waals surface area contributed by atoms with E-state index in [2.05, 4.69) is 11.3 Å². The van der Waals surface area contributed by atoms with Gasteiger partial charge in [-0.2, -0.15) is 0 Å². The molecule has 0 N–H and O–H groups in total. The van der Waals surface area contributed by atoms with Gasteiger partial charge in [0.25, 0.3) is 0 Å². The van der Waals surface area contributed by atoms with Crippen molar-refractivity contribution in [3.05, 3.63) is 12.7 Å². The molecule has 3 heteroatoms. The fraction of sp³-hybridized carbons (Fsp3) is 0.636. The molecule has 0 amide bonds. The molecule has 0 aromatic heterocycles. The van der Waals surface area contributed by atoms with E-state index in [-0.39, 0.29) is 12.2 Å². The number of ether oxygens (including phenoxy) is 1. The van der Waals surface area contributed by atoms with E-state index in [1.807, 2.05) is 6.08 Å². The average Bonchev–Trinajstić information content (AvgIpc) is 2.17. The third-order valence-electron chi connectivity index (χ3n) is 1.93. The number of allylic oxidation sites excluding steroid dienone is 1. The molecule has 0 unspecified atom stereocenters. The van der Waals surface area contributed by atoms with Gasteiger partial charge in [-0.1, -0.05) is 12.5 Å². The monoisotopic (exact) mass is 198 g/mol. The van der Waals surface area contributed by atoms with Gasteiger partial charge in [0.1, 0.15) is 12.2 Å². The lowest BCUT2D eigenvalue weighted by atomic mass is 10.1. The Balaban J connectivity index is 3.35. The highest BCUT2D eigenvalue weighted by Gasteiger charge is 2.08. The summed E-state index contributed by atoms with van der Waals surface area (Å²) in [6.07, 6.45) is 6.18. The van der Waals surface area contributed by atoms with Crippen LogP contribution in [0.25, 0.3) is 0 Å². The number of carbonyl (C=O) groups excluding carboxylic acids is 2. The van der Waals surface area contributed by atoms with Crippen LogP contribution in [0.15, 0.2) is 12.7 Å². The van der Waals surface area contributed by atoms with Crippen LogP contribution in [0.4, 0.5) is 0 Å². The SMILES string of the molecule is C=CCCCCCC(=O)CC(=O)OC. The highest BCUT2D eigenvalue weighted by atomic mass is 16.5. The number of ketones is 1. The van der Waals surface area contributed by atoms with E-state index in [4.69, 9.17) is 0 Å². The lowest BCUT2D eigenvalue weighted by Gasteiger charge is -1.99. The molecule has 3 nitrogen and oxygen atoms in total. The Morgan fingerprint density at radius 1 is 1.29 bits per heavy atom. The van der Waals surface area contributed by atoms with Crippen molar-refractivity contribution in [1.29, 1.82) is 0 Å².